The number of benzene rings is 1. The van der Waals surface area contributed by atoms with Gasteiger partial charge >= 0.3 is 0 Å². The Morgan fingerprint density at radius 1 is 1.27 bits per heavy atom. The zero-order valence-corrected chi connectivity index (χ0v) is 16.6. The summed E-state index contributed by atoms with van der Waals surface area (Å²) in [6, 6.07) is 11.7. The van der Waals surface area contributed by atoms with Gasteiger partial charge in [0.25, 0.3) is 0 Å². The first-order valence-corrected chi connectivity index (χ1v) is 9.87. The van der Waals surface area contributed by atoms with Gasteiger partial charge in [-0.15, -0.1) is 0 Å². The van der Waals surface area contributed by atoms with Gasteiger partial charge in [-0.25, -0.2) is 9.37 Å². The van der Waals surface area contributed by atoms with Gasteiger partial charge in [0.2, 0.25) is 11.8 Å². The molecule has 154 valence electrons. The molecule has 4 rings (SSSR count). The first-order valence-electron chi connectivity index (χ1n) is 9.87. The lowest BCUT2D eigenvalue weighted by atomic mass is 9.89. The van der Waals surface area contributed by atoms with E-state index in [0.717, 1.165) is 5.56 Å². The summed E-state index contributed by atoms with van der Waals surface area (Å²) in [6.07, 6.45) is 1.66. The molecule has 2 saturated heterocycles. The standard InChI is InChI=1S/C22H22FN5O2/c1-14(29)26-10-20(30)28-12-17-11-27(22-16(9-24)5-3-7-25-22)13-19(17)21(28)15-4-2-6-18(23)8-15/h2-8,17,19,21H,10-13H2,1H3,(H,26,29)/t17-,19-,21+/m0/s1. The van der Waals surface area contributed by atoms with Gasteiger partial charge in [0.15, 0.2) is 0 Å². The first kappa shape index (κ1) is 19.8. The molecule has 0 bridgehead atoms. The third kappa shape index (κ3) is 3.71. The van der Waals surface area contributed by atoms with Crippen LogP contribution >= 0.6 is 0 Å². The van der Waals surface area contributed by atoms with Crippen LogP contribution in [0.3, 0.4) is 0 Å². The summed E-state index contributed by atoms with van der Waals surface area (Å²) in [5, 5.41) is 12.0. The number of carbonyl (C=O) groups is 2. The molecule has 1 N–H and O–H groups in total. The zero-order valence-electron chi connectivity index (χ0n) is 16.6. The van der Waals surface area contributed by atoms with E-state index < -0.39 is 0 Å². The minimum Gasteiger partial charge on any atom is -0.355 e. The van der Waals surface area contributed by atoms with Crippen LogP contribution in [-0.4, -0.2) is 47.9 Å². The van der Waals surface area contributed by atoms with Crippen LogP contribution in [0.5, 0.6) is 0 Å². The van der Waals surface area contributed by atoms with Gasteiger partial charge in [0.05, 0.1) is 18.2 Å². The molecule has 0 radical (unpaired) electrons. The number of carbonyl (C=O) groups excluding carboxylic acids is 2. The number of anilines is 1. The molecule has 1 aromatic carbocycles. The van der Waals surface area contributed by atoms with Crippen LogP contribution in [0.4, 0.5) is 10.2 Å². The number of hydrogen-bond acceptors (Lipinski definition) is 5. The molecule has 2 aromatic rings. The normalized spacial score (nSPS) is 22.5. The Morgan fingerprint density at radius 2 is 2.10 bits per heavy atom. The molecule has 30 heavy (non-hydrogen) atoms. The van der Waals surface area contributed by atoms with Crippen molar-refractivity contribution in [3.8, 4) is 6.07 Å². The number of likely N-dealkylation sites (tertiary alicyclic amines) is 1. The highest BCUT2D eigenvalue weighted by molar-refractivity contribution is 5.84. The fraction of sp³-hybridized carbons (Fsp3) is 0.364. The second-order valence-electron chi connectivity index (χ2n) is 7.77. The quantitative estimate of drug-likeness (QED) is 0.836. The molecule has 2 aliphatic rings. The van der Waals surface area contributed by atoms with Crippen LogP contribution in [-0.2, 0) is 9.59 Å². The fourth-order valence-corrected chi connectivity index (χ4v) is 4.63. The molecule has 8 heteroatoms. The highest BCUT2D eigenvalue weighted by Crippen LogP contribution is 2.46. The van der Waals surface area contributed by atoms with E-state index in [9.17, 15) is 19.2 Å². The van der Waals surface area contributed by atoms with Gasteiger partial charge < -0.3 is 15.1 Å². The molecule has 2 fully saturated rings. The van der Waals surface area contributed by atoms with Gasteiger partial charge in [-0.3, -0.25) is 9.59 Å². The maximum absolute atomic E-state index is 14.0. The lowest BCUT2D eigenvalue weighted by Crippen LogP contribution is -2.41. The monoisotopic (exact) mass is 407 g/mol. The van der Waals surface area contributed by atoms with Crippen molar-refractivity contribution >= 4 is 17.6 Å². The van der Waals surface area contributed by atoms with E-state index in [2.05, 4.69) is 21.3 Å². The van der Waals surface area contributed by atoms with Crippen LogP contribution < -0.4 is 10.2 Å². The minimum absolute atomic E-state index is 0.0710. The Kier molecular flexibility index (Phi) is 5.36. The number of pyridine rings is 1. The molecular formula is C22H22FN5O2. The van der Waals surface area contributed by atoms with Gasteiger partial charge in [-0.2, -0.15) is 5.26 Å². The predicted octanol–water partition coefficient (Wildman–Crippen LogP) is 1.86. The summed E-state index contributed by atoms with van der Waals surface area (Å²) in [6.45, 7) is 3.07. The van der Waals surface area contributed by atoms with Crippen molar-refractivity contribution in [2.75, 3.05) is 31.1 Å². The Labute approximate surface area is 174 Å². The van der Waals surface area contributed by atoms with Crippen LogP contribution in [0.15, 0.2) is 42.6 Å². The summed E-state index contributed by atoms with van der Waals surface area (Å²) in [5.41, 5.74) is 1.25. The summed E-state index contributed by atoms with van der Waals surface area (Å²) < 4.78 is 14.0. The van der Waals surface area contributed by atoms with Crippen molar-refractivity contribution < 1.29 is 14.0 Å². The zero-order chi connectivity index (χ0) is 21.3. The van der Waals surface area contributed by atoms with Crippen LogP contribution in [0.25, 0.3) is 0 Å². The maximum Gasteiger partial charge on any atom is 0.242 e. The average Bonchev–Trinajstić information content (AvgIpc) is 3.29. The third-order valence-corrected chi connectivity index (χ3v) is 5.87. The third-order valence-electron chi connectivity index (χ3n) is 5.87. The van der Waals surface area contributed by atoms with Gasteiger partial charge in [-0.05, 0) is 29.8 Å². The number of rotatable bonds is 4. The summed E-state index contributed by atoms with van der Waals surface area (Å²) >= 11 is 0. The van der Waals surface area contributed by atoms with E-state index in [0.29, 0.717) is 31.0 Å². The molecule has 2 amide bonds. The van der Waals surface area contributed by atoms with Gasteiger partial charge in [0.1, 0.15) is 17.7 Å². The van der Waals surface area contributed by atoms with Crippen molar-refractivity contribution in [2.24, 2.45) is 11.8 Å². The number of halogens is 1. The Hall–Kier alpha value is -3.47. The largest absolute Gasteiger partial charge is 0.355 e. The Morgan fingerprint density at radius 3 is 2.83 bits per heavy atom. The molecule has 0 unspecified atom stereocenters. The molecular weight excluding hydrogens is 385 g/mol. The van der Waals surface area contributed by atoms with E-state index in [1.807, 2.05) is 6.07 Å². The molecule has 0 spiro atoms. The average molecular weight is 407 g/mol. The molecule has 3 heterocycles. The van der Waals surface area contributed by atoms with Crippen molar-refractivity contribution in [2.45, 2.75) is 13.0 Å². The minimum atomic E-state index is -0.350. The summed E-state index contributed by atoms with van der Waals surface area (Å²) in [4.78, 5) is 32.3. The number of fused-ring (bicyclic) bond motifs is 1. The van der Waals surface area contributed by atoms with Gasteiger partial charge in [-0.1, -0.05) is 12.1 Å². The molecule has 3 atom stereocenters. The highest BCUT2D eigenvalue weighted by atomic mass is 19.1. The number of hydrogen-bond donors (Lipinski definition) is 1. The first-order chi connectivity index (χ1) is 14.5. The molecule has 0 aliphatic carbocycles. The summed E-state index contributed by atoms with van der Waals surface area (Å²) in [7, 11) is 0. The molecule has 2 aliphatic heterocycles. The predicted molar refractivity (Wildman–Crippen MR) is 108 cm³/mol. The number of aromatic nitrogens is 1. The van der Waals surface area contributed by atoms with Crippen molar-refractivity contribution in [3.63, 3.8) is 0 Å². The fourth-order valence-electron chi connectivity index (χ4n) is 4.63. The van der Waals surface area contributed by atoms with Crippen molar-refractivity contribution in [1.82, 2.24) is 15.2 Å². The van der Waals surface area contributed by atoms with E-state index >= 15 is 0 Å². The van der Waals surface area contributed by atoms with E-state index in [4.69, 9.17) is 0 Å². The number of nitrogens with zero attached hydrogens (tertiary/aromatic N) is 4. The second-order valence-corrected chi connectivity index (χ2v) is 7.77. The van der Waals surface area contributed by atoms with E-state index in [1.165, 1.54) is 19.1 Å². The van der Waals surface area contributed by atoms with Gasteiger partial charge in [0, 0.05) is 44.6 Å². The maximum atomic E-state index is 14.0. The molecule has 1 aromatic heterocycles. The summed E-state index contributed by atoms with van der Waals surface area (Å²) in [5.74, 6) is 0.0705. The molecule has 7 nitrogen and oxygen atoms in total. The van der Waals surface area contributed by atoms with Crippen molar-refractivity contribution in [3.05, 3.63) is 59.5 Å². The van der Waals surface area contributed by atoms with Crippen LogP contribution in [0.1, 0.15) is 24.1 Å². The van der Waals surface area contributed by atoms with E-state index in [-0.39, 0.29) is 42.1 Å². The number of nitriles is 1. The lowest BCUT2D eigenvalue weighted by Gasteiger charge is -2.30. The highest BCUT2D eigenvalue weighted by Gasteiger charge is 2.49. The SMILES string of the molecule is CC(=O)NCC(=O)N1C[C@@H]2CN(c3ncccc3C#N)C[C@@H]2[C@H]1c1cccc(F)c1. The number of amides is 2. The lowest BCUT2D eigenvalue weighted by molar-refractivity contribution is -0.133. The number of nitrogens with one attached hydrogen (secondary N) is 1. The van der Waals surface area contributed by atoms with Crippen LogP contribution in [0.2, 0.25) is 0 Å². The van der Waals surface area contributed by atoms with E-state index in [1.54, 1.807) is 29.3 Å². The smallest absolute Gasteiger partial charge is 0.242 e. The molecule has 0 saturated carbocycles. The topological polar surface area (TPSA) is 89.3 Å². The van der Waals surface area contributed by atoms with Crippen LogP contribution in [0, 0.1) is 29.0 Å². The van der Waals surface area contributed by atoms with Crippen molar-refractivity contribution in [1.29, 1.82) is 5.26 Å². The second kappa shape index (κ2) is 8.11. The Bertz CT molecular complexity index is 1020. The Balaban J connectivity index is 1.63.